The molecule has 1 heterocycles. The Balaban J connectivity index is 1.93. The van der Waals surface area contributed by atoms with Gasteiger partial charge in [0.15, 0.2) is 0 Å². The largest absolute Gasteiger partial charge is 0.351 e. The smallest absolute Gasteiger partial charge is 0.251 e. The summed E-state index contributed by atoms with van der Waals surface area (Å²) < 4.78 is 27.0. The van der Waals surface area contributed by atoms with Gasteiger partial charge in [-0.05, 0) is 42.3 Å². The maximum atomic E-state index is 12.2. The molecule has 130 valence electrons. The van der Waals surface area contributed by atoms with Crippen LogP contribution in [-0.4, -0.2) is 34.0 Å². The van der Waals surface area contributed by atoms with Crippen LogP contribution in [-0.2, 0) is 16.6 Å². The minimum Gasteiger partial charge on any atom is -0.351 e. The van der Waals surface area contributed by atoms with Crippen molar-refractivity contribution in [3.63, 3.8) is 0 Å². The van der Waals surface area contributed by atoms with Crippen LogP contribution in [0.15, 0.2) is 46.7 Å². The summed E-state index contributed by atoms with van der Waals surface area (Å²) in [6.45, 7) is 4.32. The Labute approximate surface area is 146 Å². The lowest BCUT2D eigenvalue weighted by Crippen LogP contribution is -2.31. The van der Waals surface area contributed by atoms with Gasteiger partial charge in [-0.1, -0.05) is 13.0 Å². The van der Waals surface area contributed by atoms with Crippen molar-refractivity contribution < 1.29 is 13.2 Å². The molecule has 0 aliphatic heterocycles. The number of carbonyl (C=O) groups excluding carboxylic acids is 1. The second kappa shape index (κ2) is 8.93. The Kier molecular flexibility index (Phi) is 6.92. The number of nitrogens with one attached hydrogen (secondary N) is 3. The zero-order chi connectivity index (χ0) is 17.4. The van der Waals surface area contributed by atoms with E-state index < -0.39 is 10.0 Å². The number of rotatable bonds is 9. The van der Waals surface area contributed by atoms with E-state index in [2.05, 4.69) is 15.4 Å². The van der Waals surface area contributed by atoms with E-state index in [1.54, 1.807) is 0 Å². The third-order valence-electron chi connectivity index (χ3n) is 3.28. The first-order valence-electron chi connectivity index (χ1n) is 7.64. The zero-order valence-electron chi connectivity index (χ0n) is 13.4. The quantitative estimate of drug-likeness (QED) is 0.587. The average Bonchev–Trinajstić information content (AvgIpc) is 3.10. The molecule has 6 nitrogen and oxygen atoms in total. The molecule has 0 aliphatic carbocycles. The van der Waals surface area contributed by atoms with Crippen LogP contribution in [0.3, 0.4) is 0 Å². The molecule has 2 rings (SSSR count). The molecular formula is C16H21N3O3S2. The van der Waals surface area contributed by atoms with E-state index in [1.165, 1.54) is 35.6 Å². The minimum atomic E-state index is -3.59. The van der Waals surface area contributed by atoms with Gasteiger partial charge in [0.25, 0.3) is 5.91 Å². The number of amides is 1. The number of sulfonamides is 1. The van der Waals surface area contributed by atoms with Crippen molar-refractivity contribution in [3.05, 3.63) is 52.2 Å². The summed E-state index contributed by atoms with van der Waals surface area (Å²) in [6.07, 6.45) is 0. The Morgan fingerprint density at radius 1 is 1.12 bits per heavy atom. The van der Waals surface area contributed by atoms with Gasteiger partial charge in [-0.15, -0.1) is 11.3 Å². The second-order valence-electron chi connectivity index (χ2n) is 5.04. The van der Waals surface area contributed by atoms with E-state index in [1.807, 2.05) is 24.4 Å². The number of hydrogen-bond acceptors (Lipinski definition) is 5. The van der Waals surface area contributed by atoms with Gasteiger partial charge in [-0.3, -0.25) is 4.79 Å². The van der Waals surface area contributed by atoms with Gasteiger partial charge in [-0.2, -0.15) is 0 Å². The molecule has 3 N–H and O–H groups in total. The Morgan fingerprint density at radius 3 is 2.50 bits per heavy atom. The van der Waals surface area contributed by atoms with Gasteiger partial charge >= 0.3 is 0 Å². The van der Waals surface area contributed by atoms with E-state index >= 15 is 0 Å². The molecule has 0 fully saturated rings. The molecular weight excluding hydrogens is 346 g/mol. The molecule has 0 unspecified atom stereocenters. The summed E-state index contributed by atoms with van der Waals surface area (Å²) in [5.74, 6) is -0.219. The van der Waals surface area contributed by atoms with Crippen molar-refractivity contribution in [1.82, 2.24) is 15.4 Å². The van der Waals surface area contributed by atoms with E-state index in [0.717, 1.165) is 11.4 Å². The fourth-order valence-electron chi connectivity index (χ4n) is 1.99. The standard InChI is InChI=1S/C16H21N3O3S2/c1-2-17-9-10-18-16(20)13-5-7-15(8-6-13)24(21,22)19-12-14-4-3-11-23-14/h3-8,11,17,19H,2,9-10,12H2,1H3,(H,18,20). The van der Waals surface area contributed by atoms with Crippen LogP contribution >= 0.6 is 11.3 Å². The van der Waals surface area contributed by atoms with E-state index in [9.17, 15) is 13.2 Å². The third kappa shape index (κ3) is 5.41. The number of benzene rings is 1. The van der Waals surface area contributed by atoms with Gasteiger partial charge in [-0.25, -0.2) is 13.1 Å². The predicted molar refractivity (Wildman–Crippen MR) is 95.7 cm³/mol. The molecule has 0 saturated heterocycles. The summed E-state index contributed by atoms with van der Waals surface area (Å²) in [6, 6.07) is 9.66. The monoisotopic (exact) mass is 367 g/mol. The van der Waals surface area contributed by atoms with Crippen molar-refractivity contribution in [3.8, 4) is 0 Å². The molecule has 24 heavy (non-hydrogen) atoms. The van der Waals surface area contributed by atoms with Gasteiger partial charge in [0.2, 0.25) is 10.0 Å². The van der Waals surface area contributed by atoms with Crippen molar-refractivity contribution >= 4 is 27.3 Å². The van der Waals surface area contributed by atoms with Crippen LogP contribution in [0.5, 0.6) is 0 Å². The van der Waals surface area contributed by atoms with Crippen LogP contribution in [0, 0.1) is 0 Å². The maximum absolute atomic E-state index is 12.2. The minimum absolute atomic E-state index is 0.142. The Bertz CT molecular complexity index is 741. The number of likely N-dealkylation sites (N-methyl/N-ethyl adjacent to an activating group) is 1. The first-order valence-corrected chi connectivity index (χ1v) is 10.00. The van der Waals surface area contributed by atoms with Gasteiger partial charge in [0, 0.05) is 30.1 Å². The molecule has 0 aliphatic rings. The highest BCUT2D eigenvalue weighted by Gasteiger charge is 2.15. The van der Waals surface area contributed by atoms with Crippen molar-refractivity contribution in [1.29, 1.82) is 0 Å². The van der Waals surface area contributed by atoms with E-state index in [-0.39, 0.29) is 17.3 Å². The van der Waals surface area contributed by atoms with E-state index in [4.69, 9.17) is 0 Å². The Hall–Kier alpha value is -1.74. The van der Waals surface area contributed by atoms with Gasteiger partial charge in [0.1, 0.15) is 0 Å². The number of thiophene rings is 1. The van der Waals surface area contributed by atoms with Crippen molar-refractivity contribution in [2.75, 3.05) is 19.6 Å². The summed E-state index contributed by atoms with van der Waals surface area (Å²) in [5.41, 5.74) is 0.434. The Morgan fingerprint density at radius 2 is 1.88 bits per heavy atom. The first-order chi connectivity index (χ1) is 11.5. The fraction of sp³-hybridized carbons (Fsp3) is 0.312. The average molecular weight is 367 g/mol. The summed E-state index contributed by atoms with van der Waals surface area (Å²) >= 11 is 1.49. The summed E-state index contributed by atoms with van der Waals surface area (Å²) in [7, 11) is -3.59. The highest BCUT2D eigenvalue weighted by atomic mass is 32.2. The lowest BCUT2D eigenvalue weighted by Gasteiger charge is -2.08. The lowest BCUT2D eigenvalue weighted by atomic mass is 10.2. The number of hydrogen-bond donors (Lipinski definition) is 3. The molecule has 0 saturated carbocycles. The molecule has 2 aromatic rings. The predicted octanol–water partition coefficient (Wildman–Crippen LogP) is 1.57. The van der Waals surface area contributed by atoms with Gasteiger partial charge in [0.05, 0.1) is 4.90 Å². The SMILES string of the molecule is CCNCCNC(=O)c1ccc(S(=O)(=O)NCc2cccs2)cc1. The molecule has 0 spiro atoms. The molecule has 1 amide bonds. The van der Waals surface area contributed by atoms with Gasteiger partial charge < -0.3 is 10.6 Å². The second-order valence-corrected chi connectivity index (χ2v) is 7.84. The number of carbonyl (C=O) groups is 1. The molecule has 1 aromatic carbocycles. The highest BCUT2D eigenvalue weighted by molar-refractivity contribution is 7.89. The van der Waals surface area contributed by atoms with Crippen LogP contribution < -0.4 is 15.4 Å². The molecule has 0 atom stereocenters. The molecule has 1 aromatic heterocycles. The van der Waals surface area contributed by atoms with Crippen LogP contribution in [0.2, 0.25) is 0 Å². The third-order valence-corrected chi connectivity index (χ3v) is 5.57. The first kappa shape index (κ1) is 18.6. The van der Waals surface area contributed by atoms with Crippen molar-refractivity contribution in [2.24, 2.45) is 0 Å². The van der Waals surface area contributed by atoms with Crippen LogP contribution in [0.4, 0.5) is 0 Å². The molecule has 0 bridgehead atoms. The van der Waals surface area contributed by atoms with Crippen molar-refractivity contribution in [2.45, 2.75) is 18.4 Å². The lowest BCUT2D eigenvalue weighted by molar-refractivity contribution is 0.0954. The zero-order valence-corrected chi connectivity index (χ0v) is 15.0. The normalized spacial score (nSPS) is 11.4. The fourth-order valence-corrected chi connectivity index (χ4v) is 3.73. The van der Waals surface area contributed by atoms with Crippen LogP contribution in [0.25, 0.3) is 0 Å². The summed E-state index contributed by atoms with van der Waals surface area (Å²) in [4.78, 5) is 13.0. The van der Waals surface area contributed by atoms with E-state index in [0.29, 0.717) is 18.7 Å². The topological polar surface area (TPSA) is 87.3 Å². The highest BCUT2D eigenvalue weighted by Crippen LogP contribution is 2.13. The maximum Gasteiger partial charge on any atom is 0.251 e. The molecule has 0 radical (unpaired) electrons. The van der Waals surface area contributed by atoms with Crippen LogP contribution in [0.1, 0.15) is 22.2 Å². The molecule has 8 heteroatoms. The summed E-state index contributed by atoms with van der Waals surface area (Å²) in [5, 5.41) is 7.77.